The van der Waals surface area contributed by atoms with Crippen LogP contribution in [0.1, 0.15) is 24.8 Å². The summed E-state index contributed by atoms with van der Waals surface area (Å²) in [7, 11) is 1.19. The number of aromatic nitrogens is 2. The molecule has 9 nitrogen and oxygen atoms in total. The third kappa shape index (κ3) is 4.15. The molecule has 0 amide bonds. The van der Waals surface area contributed by atoms with Crippen LogP contribution in [0, 0.1) is 34.2 Å². The van der Waals surface area contributed by atoms with Crippen molar-refractivity contribution < 1.29 is 36.5 Å². The Bertz CT molecular complexity index is 1890. The van der Waals surface area contributed by atoms with Crippen molar-refractivity contribution in [2.75, 3.05) is 44.0 Å². The number of halogens is 5. The molecule has 2 aromatic carbocycles. The molecule has 3 aliphatic rings. The molecule has 2 bridgehead atoms. The number of ether oxygens (including phenoxy) is 2. The third-order valence-electron chi connectivity index (χ3n) is 8.85. The second kappa shape index (κ2) is 10.0. The number of hydrogen-bond acceptors (Lipinski definition) is 10. The number of benzene rings is 2. The van der Waals surface area contributed by atoms with Crippen LogP contribution in [0.15, 0.2) is 12.1 Å². The Morgan fingerprint density at radius 2 is 1.86 bits per heavy atom. The van der Waals surface area contributed by atoms with Gasteiger partial charge in [-0.3, -0.25) is 0 Å². The van der Waals surface area contributed by atoms with Gasteiger partial charge < -0.3 is 30.5 Å². The minimum absolute atomic E-state index is 0.0225. The number of nitrogens with zero attached hydrogens (tertiary/aromatic N) is 4. The molecule has 0 radical (unpaired) electrons. The Morgan fingerprint density at radius 3 is 2.48 bits per heavy atom. The summed E-state index contributed by atoms with van der Waals surface area (Å²) in [5.74, 6) is -6.50. The maximum atomic E-state index is 16.7. The predicted octanol–water partition coefficient (Wildman–Crippen LogP) is 4.73. The fraction of sp³-hybridized carbons (Fsp3) is 0.414. The lowest BCUT2D eigenvalue weighted by atomic mass is 9.96. The first-order valence-electron chi connectivity index (χ1n) is 13.8. The van der Waals surface area contributed by atoms with Crippen LogP contribution >= 0.6 is 11.3 Å². The van der Waals surface area contributed by atoms with E-state index in [-0.39, 0.29) is 49.5 Å². The number of methoxy groups -OCH3 is 1. The topological polar surface area (TPSA) is 130 Å². The van der Waals surface area contributed by atoms with E-state index in [1.165, 1.54) is 7.11 Å². The summed E-state index contributed by atoms with van der Waals surface area (Å²) in [4.78, 5) is 10.5. The molecule has 44 heavy (non-hydrogen) atoms. The third-order valence-corrected chi connectivity index (χ3v) is 9.88. The molecule has 7 rings (SSSR count). The molecule has 0 spiro atoms. The molecule has 3 unspecified atom stereocenters. The standard InChI is InChI=1S/C29H25F5N6O3S/c1-42-23-19-22(20(31)18(21(23)32)14-4-5-16(30)24-17(14)15(6-35)25(36)44-24)38-27(43-11-28(10-41)9-29(28,33)34)39-26(19)40-7-12-2-3-13(8-40)37-12/h4-5,12-13,37,41H,2-3,7-11,36H2,1H3. The molecule has 4 heterocycles. The molecule has 3 fully saturated rings. The van der Waals surface area contributed by atoms with Crippen LogP contribution in [0.3, 0.4) is 0 Å². The first kappa shape index (κ1) is 28.8. The largest absolute Gasteiger partial charge is 0.493 e. The minimum Gasteiger partial charge on any atom is -0.493 e. The van der Waals surface area contributed by atoms with Crippen LogP contribution in [0.2, 0.25) is 0 Å². The molecule has 4 aromatic rings. The van der Waals surface area contributed by atoms with Crippen LogP contribution in [-0.2, 0) is 0 Å². The highest BCUT2D eigenvalue weighted by atomic mass is 32.1. The average molecular weight is 633 g/mol. The van der Waals surface area contributed by atoms with Crippen LogP contribution in [0.5, 0.6) is 11.8 Å². The van der Waals surface area contributed by atoms with Gasteiger partial charge in [0.05, 0.1) is 40.3 Å². The molecule has 3 atom stereocenters. The summed E-state index contributed by atoms with van der Waals surface area (Å²) in [5, 5.41) is 22.7. The lowest BCUT2D eigenvalue weighted by molar-refractivity contribution is 0.0126. The van der Waals surface area contributed by atoms with E-state index in [9.17, 15) is 23.5 Å². The van der Waals surface area contributed by atoms with Crippen molar-refractivity contribution in [3.63, 3.8) is 0 Å². The van der Waals surface area contributed by atoms with Gasteiger partial charge in [0, 0.05) is 37.0 Å². The zero-order valence-corrected chi connectivity index (χ0v) is 24.0. The van der Waals surface area contributed by atoms with Crippen molar-refractivity contribution in [3.8, 4) is 29.0 Å². The first-order chi connectivity index (χ1) is 21.0. The smallest absolute Gasteiger partial charge is 0.319 e. The molecule has 2 aromatic heterocycles. The maximum absolute atomic E-state index is 16.7. The molecular formula is C29H25F5N6O3S. The van der Waals surface area contributed by atoms with Crippen molar-refractivity contribution in [2.45, 2.75) is 37.3 Å². The fourth-order valence-electron chi connectivity index (χ4n) is 6.39. The first-order valence-corrected chi connectivity index (χ1v) is 14.6. The zero-order valence-electron chi connectivity index (χ0n) is 23.2. The molecule has 2 saturated heterocycles. The van der Waals surface area contributed by atoms with Crippen LogP contribution in [0.25, 0.3) is 32.1 Å². The van der Waals surface area contributed by atoms with E-state index in [0.717, 1.165) is 36.3 Å². The van der Waals surface area contributed by atoms with E-state index in [2.05, 4.69) is 15.3 Å². The van der Waals surface area contributed by atoms with Crippen LogP contribution in [0.4, 0.5) is 32.8 Å². The normalized spacial score (nSPS) is 23.7. The fourth-order valence-corrected chi connectivity index (χ4v) is 7.34. The molecule has 1 aliphatic carbocycles. The number of nitrogen functional groups attached to an aromatic ring is 1. The van der Waals surface area contributed by atoms with Crippen molar-refractivity contribution in [1.82, 2.24) is 15.3 Å². The van der Waals surface area contributed by atoms with Gasteiger partial charge in [-0.25, -0.2) is 22.0 Å². The highest BCUT2D eigenvalue weighted by Crippen LogP contribution is 2.60. The van der Waals surface area contributed by atoms with E-state index in [0.29, 0.717) is 13.1 Å². The Labute approximate surface area is 251 Å². The minimum atomic E-state index is -3.15. The Balaban J connectivity index is 1.47. The summed E-state index contributed by atoms with van der Waals surface area (Å²) in [6.45, 7) is -0.607. The second-order valence-electron chi connectivity index (χ2n) is 11.5. The molecule has 1 saturated carbocycles. The predicted molar refractivity (Wildman–Crippen MR) is 153 cm³/mol. The van der Waals surface area contributed by atoms with Gasteiger partial charge in [-0.2, -0.15) is 15.2 Å². The van der Waals surface area contributed by atoms with Gasteiger partial charge in [0.1, 0.15) is 34.8 Å². The van der Waals surface area contributed by atoms with Gasteiger partial charge in [-0.05, 0) is 24.5 Å². The van der Waals surface area contributed by atoms with Gasteiger partial charge in [0.2, 0.25) is 0 Å². The van der Waals surface area contributed by atoms with Gasteiger partial charge in [0.15, 0.2) is 17.4 Å². The summed E-state index contributed by atoms with van der Waals surface area (Å²) >= 11 is 0.775. The number of piperazine rings is 1. The number of fused-ring (bicyclic) bond motifs is 4. The molecule has 230 valence electrons. The maximum Gasteiger partial charge on any atom is 0.319 e. The number of nitriles is 1. The zero-order chi connectivity index (χ0) is 31.1. The van der Waals surface area contributed by atoms with E-state index >= 15 is 8.78 Å². The molecule has 2 aliphatic heterocycles. The van der Waals surface area contributed by atoms with Crippen molar-refractivity contribution in [1.29, 1.82) is 5.26 Å². The quantitative estimate of drug-likeness (QED) is 0.248. The second-order valence-corrected chi connectivity index (χ2v) is 12.5. The van der Waals surface area contributed by atoms with Crippen molar-refractivity contribution >= 4 is 43.1 Å². The summed E-state index contributed by atoms with van der Waals surface area (Å²) in [6.07, 6.45) is 1.18. The van der Waals surface area contributed by atoms with Gasteiger partial charge in [0.25, 0.3) is 5.92 Å². The van der Waals surface area contributed by atoms with Crippen molar-refractivity contribution in [2.24, 2.45) is 5.41 Å². The number of aliphatic hydroxyl groups excluding tert-OH is 1. The number of nitrogens with two attached hydrogens (primary N) is 1. The lowest BCUT2D eigenvalue weighted by Gasteiger charge is -2.34. The summed E-state index contributed by atoms with van der Waals surface area (Å²) < 4.78 is 87.1. The van der Waals surface area contributed by atoms with E-state index < -0.39 is 71.3 Å². The molecule has 4 N–H and O–H groups in total. The lowest BCUT2D eigenvalue weighted by Crippen LogP contribution is -2.51. The molecule has 15 heteroatoms. The monoisotopic (exact) mass is 632 g/mol. The van der Waals surface area contributed by atoms with Gasteiger partial charge in [-0.1, -0.05) is 6.07 Å². The Hall–Kier alpha value is -4.00. The number of nitrogens with one attached hydrogen (secondary N) is 1. The van der Waals surface area contributed by atoms with Crippen LogP contribution in [-0.4, -0.2) is 66.5 Å². The van der Waals surface area contributed by atoms with E-state index in [1.54, 1.807) is 0 Å². The number of rotatable bonds is 7. The highest BCUT2D eigenvalue weighted by Gasteiger charge is 2.71. The van der Waals surface area contributed by atoms with Crippen LogP contribution < -0.4 is 25.4 Å². The Morgan fingerprint density at radius 1 is 1.16 bits per heavy atom. The number of alkyl halides is 2. The number of hydrogen-bond donors (Lipinski definition) is 3. The summed E-state index contributed by atoms with van der Waals surface area (Å²) in [6, 6.07) is 3.78. The van der Waals surface area contributed by atoms with Gasteiger partial charge >= 0.3 is 6.01 Å². The number of aliphatic hydroxyl groups is 1. The molecular weight excluding hydrogens is 607 g/mol. The average Bonchev–Trinajstić information content (AvgIpc) is 3.21. The Kier molecular flexibility index (Phi) is 6.54. The number of thiophene rings is 1. The van der Waals surface area contributed by atoms with Gasteiger partial charge in [-0.15, -0.1) is 11.3 Å². The van der Waals surface area contributed by atoms with E-state index in [4.69, 9.17) is 15.2 Å². The SMILES string of the molecule is COc1c(F)c(-c2ccc(F)c3sc(N)c(C#N)c23)c(F)c2nc(OCC3(CO)CC3(F)F)nc(N3CC4CCC(C3)N4)c12. The number of anilines is 2. The summed E-state index contributed by atoms with van der Waals surface area (Å²) in [5.41, 5.74) is 2.77. The van der Waals surface area contributed by atoms with Crippen molar-refractivity contribution in [3.05, 3.63) is 35.1 Å². The van der Waals surface area contributed by atoms with E-state index in [1.807, 2.05) is 11.0 Å². The highest BCUT2D eigenvalue weighted by molar-refractivity contribution is 7.23.